The van der Waals surface area contributed by atoms with Gasteiger partial charge >= 0.3 is 0 Å². The number of halogens is 1. The van der Waals surface area contributed by atoms with Gasteiger partial charge in [0, 0.05) is 25.2 Å². The van der Waals surface area contributed by atoms with E-state index >= 15 is 0 Å². The van der Waals surface area contributed by atoms with Crippen molar-refractivity contribution in [2.75, 3.05) is 13.1 Å². The largest absolute Gasteiger partial charge is 0.488 e. The molecule has 0 amide bonds. The van der Waals surface area contributed by atoms with Gasteiger partial charge < -0.3 is 9.84 Å². The molecule has 2 aliphatic rings. The summed E-state index contributed by atoms with van der Waals surface area (Å²) in [5.41, 5.74) is 0. The second-order valence-corrected chi connectivity index (χ2v) is 5.63. The van der Waals surface area contributed by atoms with Crippen LogP contribution in [0.3, 0.4) is 0 Å². The Kier molecular flexibility index (Phi) is 3.71. The highest BCUT2D eigenvalue weighted by Gasteiger charge is 2.35. The van der Waals surface area contributed by atoms with Crippen molar-refractivity contribution in [3.8, 4) is 5.75 Å². The Labute approximate surface area is 113 Å². The Morgan fingerprint density at radius 1 is 1.26 bits per heavy atom. The van der Waals surface area contributed by atoms with Crippen LogP contribution in [0.15, 0.2) is 24.3 Å². The molecule has 0 radical (unpaired) electrons. The van der Waals surface area contributed by atoms with E-state index in [9.17, 15) is 9.50 Å². The van der Waals surface area contributed by atoms with E-state index in [-0.39, 0.29) is 18.0 Å². The Hall–Kier alpha value is -1.13. The molecule has 0 spiro atoms. The minimum absolute atomic E-state index is 0.137. The molecular weight excluding hydrogens is 245 g/mol. The number of benzene rings is 1. The second kappa shape index (κ2) is 5.47. The van der Waals surface area contributed by atoms with Gasteiger partial charge in [-0.3, -0.25) is 4.90 Å². The van der Waals surface area contributed by atoms with Crippen molar-refractivity contribution >= 4 is 0 Å². The minimum atomic E-state index is -0.260. The second-order valence-electron chi connectivity index (χ2n) is 5.63. The molecule has 0 bridgehead atoms. The lowest BCUT2D eigenvalue weighted by molar-refractivity contribution is -0.0364. The smallest absolute Gasteiger partial charge is 0.126 e. The molecule has 2 atom stereocenters. The molecule has 1 aliphatic heterocycles. The lowest BCUT2D eigenvalue weighted by atomic mass is 9.90. The SMILES string of the molecule is OC1CCCC(N2CC(Oc3cccc(F)c3)C2)C1. The molecule has 3 rings (SSSR count). The lowest BCUT2D eigenvalue weighted by Crippen LogP contribution is -2.58. The van der Waals surface area contributed by atoms with E-state index in [1.165, 1.54) is 18.6 Å². The van der Waals surface area contributed by atoms with Gasteiger partial charge in [-0.15, -0.1) is 0 Å². The molecule has 3 nitrogen and oxygen atoms in total. The zero-order valence-corrected chi connectivity index (χ0v) is 11.0. The lowest BCUT2D eigenvalue weighted by Gasteiger charge is -2.46. The van der Waals surface area contributed by atoms with E-state index in [4.69, 9.17) is 4.74 Å². The van der Waals surface area contributed by atoms with Crippen molar-refractivity contribution in [1.29, 1.82) is 0 Å². The van der Waals surface area contributed by atoms with Gasteiger partial charge in [-0.05, 0) is 37.8 Å². The van der Waals surface area contributed by atoms with Gasteiger partial charge in [-0.25, -0.2) is 4.39 Å². The van der Waals surface area contributed by atoms with Gasteiger partial charge in [0.1, 0.15) is 17.7 Å². The van der Waals surface area contributed by atoms with Crippen LogP contribution in [0.5, 0.6) is 5.75 Å². The average Bonchev–Trinajstić information content (AvgIpc) is 2.33. The summed E-state index contributed by atoms with van der Waals surface area (Å²) >= 11 is 0. The highest BCUT2D eigenvalue weighted by Crippen LogP contribution is 2.28. The molecule has 1 saturated heterocycles. The molecule has 1 aromatic rings. The monoisotopic (exact) mass is 265 g/mol. The standard InChI is InChI=1S/C15H20FNO2/c16-11-3-1-6-14(7-11)19-15-9-17(10-15)12-4-2-5-13(18)8-12/h1,3,6-7,12-13,15,18H,2,4-5,8-10H2. The number of likely N-dealkylation sites (tertiary alicyclic amines) is 1. The summed E-state index contributed by atoms with van der Waals surface area (Å²) in [5.74, 6) is 0.345. The minimum Gasteiger partial charge on any atom is -0.488 e. The van der Waals surface area contributed by atoms with Crippen LogP contribution in [0.1, 0.15) is 25.7 Å². The number of hydrogen-bond acceptors (Lipinski definition) is 3. The van der Waals surface area contributed by atoms with Crippen molar-refractivity contribution in [1.82, 2.24) is 4.90 Å². The Bertz CT molecular complexity index is 434. The van der Waals surface area contributed by atoms with E-state index in [0.717, 1.165) is 32.4 Å². The van der Waals surface area contributed by atoms with E-state index in [1.807, 2.05) is 0 Å². The quantitative estimate of drug-likeness (QED) is 0.909. The van der Waals surface area contributed by atoms with Crippen LogP contribution < -0.4 is 4.74 Å². The van der Waals surface area contributed by atoms with Gasteiger partial charge in [0.25, 0.3) is 0 Å². The molecule has 1 aromatic carbocycles. The molecule has 4 heteroatoms. The molecule has 1 saturated carbocycles. The summed E-state index contributed by atoms with van der Waals surface area (Å²) in [4.78, 5) is 2.37. The van der Waals surface area contributed by atoms with Crippen molar-refractivity contribution in [2.24, 2.45) is 0 Å². The summed E-state index contributed by atoms with van der Waals surface area (Å²) < 4.78 is 18.8. The molecule has 1 heterocycles. The van der Waals surface area contributed by atoms with Crippen molar-refractivity contribution in [2.45, 2.75) is 43.9 Å². The molecule has 104 valence electrons. The topological polar surface area (TPSA) is 32.7 Å². The third-order valence-electron chi connectivity index (χ3n) is 4.11. The van der Waals surface area contributed by atoms with Gasteiger partial charge in [0.15, 0.2) is 0 Å². The maximum absolute atomic E-state index is 13.0. The Morgan fingerprint density at radius 3 is 2.84 bits per heavy atom. The van der Waals surface area contributed by atoms with Crippen LogP contribution in [0.2, 0.25) is 0 Å². The first-order chi connectivity index (χ1) is 9.20. The molecule has 2 unspecified atom stereocenters. The molecule has 1 N–H and O–H groups in total. The third-order valence-corrected chi connectivity index (χ3v) is 4.11. The average molecular weight is 265 g/mol. The third kappa shape index (κ3) is 3.07. The maximum atomic E-state index is 13.0. The van der Waals surface area contributed by atoms with Crippen molar-refractivity contribution in [3.63, 3.8) is 0 Å². The predicted octanol–water partition coefficient (Wildman–Crippen LogP) is 2.19. The number of hydrogen-bond donors (Lipinski definition) is 1. The zero-order valence-electron chi connectivity index (χ0n) is 11.0. The van der Waals surface area contributed by atoms with Crippen LogP contribution in [-0.2, 0) is 0 Å². The number of ether oxygens (including phenoxy) is 1. The van der Waals surface area contributed by atoms with E-state index in [1.54, 1.807) is 12.1 Å². The first-order valence-corrected chi connectivity index (χ1v) is 7.05. The highest BCUT2D eigenvalue weighted by atomic mass is 19.1. The summed E-state index contributed by atoms with van der Waals surface area (Å²) in [7, 11) is 0. The van der Waals surface area contributed by atoms with Crippen LogP contribution in [0.4, 0.5) is 4.39 Å². The fraction of sp³-hybridized carbons (Fsp3) is 0.600. The summed E-state index contributed by atoms with van der Waals surface area (Å²) in [6, 6.07) is 6.79. The van der Waals surface area contributed by atoms with E-state index in [0.29, 0.717) is 11.8 Å². The fourth-order valence-corrected chi connectivity index (χ4v) is 3.05. The molecule has 19 heavy (non-hydrogen) atoms. The molecule has 0 aromatic heterocycles. The van der Waals surface area contributed by atoms with Crippen LogP contribution in [-0.4, -0.2) is 41.3 Å². The van der Waals surface area contributed by atoms with Gasteiger partial charge in [0.05, 0.1) is 6.10 Å². The summed E-state index contributed by atoms with van der Waals surface area (Å²) in [6.07, 6.45) is 4.12. The fourth-order valence-electron chi connectivity index (χ4n) is 3.05. The van der Waals surface area contributed by atoms with E-state index < -0.39 is 0 Å². The van der Waals surface area contributed by atoms with Crippen molar-refractivity contribution in [3.05, 3.63) is 30.1 Å². The maximum Gasteiger partial charge on any atom is 0.126 e. The molecule has 1 aliphatic carbocycles. The van der Waals surface area contributed by atoms with E-state index in [2.05, 4.69) is 4.90 Å². The highest BCUT2D eigenvalue weighted by molar-refractivity contribution is 5.23. The molecule has 2 fully saturated rings. The van der Waals surface area contributed by atoms with Gasteiger partial charge in [0.2, 0.25) is 0 Å². The Balaban J connectivity index is 1.47. The van der Waals surface area contributed by atoms with Crippen LogP contribution >= 0.6 is 0 Å². The Morgan fingerprint density at radius 2 is 2.11 bits per heavy atom. The number of rotatable bonds is 3. The number of aliphatic hydroxyl groups excluding tert-OH is 1. The van der Waals surface area contributed by atoms with Gasteiger partial charge in [-0.1, -0.05) is 6.07 Å². The molecular formula is C15H20FNO2. The first kappa shape index (κ1) is 12.9. The number of aliphatic hydroxyl groups is 1. The first-order valence-electron chi connectivity index (χ1n) is 7.05. The zero-order chi connectivity index (χ0) is 13.2. The predicted molar refractivity (Wildman–Crippen MR) is 70.7 cm³/mol. The summed E-state index contributed by atoms with van der Waals surface area (Å²) in [6.45, 7) is 1.77. The summed E-state index contributed by atoms with van der Waals surface area (Å²) in [5, 5.41) is 9.68. The van der Waals surface area contributed by atoms with Crippen molar-refractivity contribution < 1.29 is 14.2 Å². The normalized spacial score (nSPS) is 28.9. The number of nitrogens with zero attached hydrogens (tertiary/aromatic N) is 1. The van der Waals surface area contributed by atoms with Crippen LogP contribution in [0, 0.1) is 5.82 Å². The van der Waals surface area contributed by atoms with Crippen LogP contribution in [0.25, 0.3) is 0 Å². The van der Waals surface area contributed by atoms with Gasteiger partial charge in [-0.2, -0.15) is 0 Å².